The number of aromatic nitrogens is 1. The lowest BCUT2D eigenvalue weighted by Crippen LogP contribution is -2.54. The second-order valence-corrected chi connectivity index (χ2v) is 6.18. The van der Waals surface area contributed by atoms with Crippen LogP contribution in [0, 0.1) is 5.92 Å². The highest BCUT2D eigenvalue weighted by molar-refractivity contribution is 5.47. The summed E-state index contributed by atoms with van der Waals surface area (Å²) in [4.78, 5) is 6.48. The Morgan fingerprint density at radius 2 is 2.21 bits per heavy atom. The van der Waals surface area contributed by atoms with Crippen LogP contribution in [0.2, 0.25) is 0 Å². The molecule has 1 aromatic heterocycles. The van der Waals surface area contributed by atoms with Gasteiger partial charge in [-0.1, -0.05) is 19.8 Å². The maximum Gasteiger partial charge on any atom is 0.0517 e. The maximum absolute atomic E-state index is 6.61. The van der Waals surface area contributed by atoms with Crippen LogP contribution in [0.5, 0.6) is 0 Å². The molecule has 1 aliphatic carbocycles. The summed E-state index contributed by atoms with van der Waals surface area (Å²) in [5, 5.41) is 0. The first-order valence-corrected chi connectivity index (χ1v) is 7.10. The van der Waals surface area contributed by atoms with Gasteiger partial charge in [0.05, 0.1) is 6.04 Å². The quantitative estimate of drug-likeness (QED) is 0.876. The van der Waals surface area contributed by atoms with Crippen molar-refractivity contribution < 1.29 is 0 Å². The summed E-state index contributed by atoms with van der Waals surface area (Å²) in [6.45, 7) is 2.32. The van der Waals surface area contributed by atoms with Crippen molar-refractivity contribution in [3.05, 3.63) is 24.0 Å². The van der Waals surface area contributed by atoms with E-state index in [2.05, 4.69) is 30.9 Å². The summed E-state index contributed by atoms with van der Waals surface area (Å²) in [7, 11) is 4.26. The predicted octanol–water partition coefficient (Wildman–Crippen LogP) is 2.17. The Morgan fingerprint density at radius 3 is 2.79 bits per heavy atom. The molecule has 4 heteroatoms. The lowest BCUT2D eigenvalue weighted by atomic mass is 9.70. The van der Waals surface area contributed by atoms with Gasteiger partial charge in [0.2, 0.25) is 0 Å². The van der Waals surface area contributed by atoms with Gasteiger partial charge in [-0.2, -0.15) is 0 Å². The first kappa shape index (κ1) is 14.3. The van der Waals surface area contributed by atoms with Crippen molar-refractivity contribution in [1.29, 1.82) is 0 Å². The maximum atomic E-state index is 6.61. The molecule has 1 heterocycles. The number of likely N-dealkylation sites (N-methyl/N-ethyl adjacent to an activating group) is 1. The van der Waals surface area contributed by atoms with Crippen molar-refractivity contribution in [3.63, 3.8) is 0 Å². The van der Waals surface area contributed by atoms with Crippen LogP contribution < -0.4 is 11.5 Å². The summed E-state index contributed by atoms with van der Waals surface area (Å²) in [6, 6.07) is 1.75. The predicted molar refractivity (Wildman–Crippen MR) is 79.6 cm³/mol. The van der Waals surface area contributed by atoms with Gasteiger partial charge in [0.25, 0.3) is 0 Å². The standard InChI is InChI=1S/C15H26N4/c1-11-5-4-7-15(9-11,19(2)3)14(17)12-10-18-8-6-13(12)16/h6,8,10-11,14H,4-5,7,9,17H2,1-3H3,(H2,16,18). The van der Waals surface area contributed by atoms with Gasteiger partial charge >= 0.3 is 0 Å². The first-order chi connectivity index (χ1) is 8.97. The van der Waals surface area contributed by atoms with E-state index in [1.807, 2.05) is 12.3 Å². The Bertz CT molecular complexity index is 432. The molecule has 106 valence electrons. The highest BCUT2D eigenvalue weighted by Crippen LogP contribution is 2.43. The third-order valence-corrected chi connectivity index (χ3v) is 4.70. The van der Waals surface area contributed by atoms with Gasteiger partial charge in [-0.05, 0) is 38.9 Å². The van der Waals surface area contributed by atoms with Gasteiger partial charge in [0, 0.05) is 29.2 Å². The van der Waals surface area contributed by atoms with Gasteiger partial charge < -0.3 is 16.4 Å². The number of hydrogen-bond acceptors (Lipinski definition) is 4. The topological polar surface area (TPSA) is 68.2 Å². The molecule has 0 aliphatic heterocycles. The molecule has 0 radical (unpaired) electrons. The molecular weight excluding hydrogens is 236 g/mol. The number of rotatable bonds is 3. The van der Waals surface area contributed by atoms with E-state index in [0.29, 0.717) is 5.92 Å². The molecule has 0 aromatic carbocycles. The third-order valence-electron chi connectivity index (χ3n) is 4.70. The monoisotopic (exact) mass is 262 g/mol. The highest BCUT2D eigenvalue weighted by atomic mass is 15.2. The zero-order valence-electron chi connectivity index (χ0n) is 12.3. The van der Waals surface area contributed by atoms with Crippen molar-refractivity contribution in [2.75, 3.05) is 19.8 Å². The molecule has 0 amide bonds. The van der Waals surface area contributed by atoms with Gasteiger partial charge in [-0.3, -0.25) is 4.98 Å². The molecule has 1 aromatic rings. The third kappa shape index (κ3) is 2.60. The Labute approximate surface area is 116 Å². The largest absolute Gasteiger partial charge is 0.398 e. The molecule has 2 rings (SSSR count). The Morgan fingerprint density at radius 1 is 1.47 bits per heavy atom. The van der Waals surface area contributed by atoms with Crippen LogP contribution in [-0.4, -0.2) is 29.5 Å². The fourth-order valence-corrected chi connectivity index (χ4v) is 3.50. The normalized spacial score (nSPS) is 29.4. The van der Waals surface area contributed by atoms with E-state index < -0.39 is 0 Å². The zero-order chi connectivity index (χ0) is 14.0. The van der Waals surface area contributed by atoms with E-state index in [4.69, 9.17) is 11.5 Å². The summed E-state index contributed by atoms with van der Waals surface area (Å²) in [5.41, 5.74) is 14.4. The fourth-order valence-electron chi connectivity index (χ4n) is 3.50. The molecule has 3 atom stereocenters. The van der Waals surface area contributed by atoms with E-state index in [9.17, 15) is 0 Å². The molecule has 19 heavy (non-hydrogen) atoms. The molecule has 4 N–H and O–H groups in total. The van der Waals surface area contributed by atoms with Crippen LogP contribution >= 0.6 is 0 Å². The fraction of sp³-hybridized carbons (Fsp3) is 0.667. The van der Waals surface area contributed by atoms with E-state index in [0.717, 1.165) is 24.1 Å². The average molecular weight is 262 g/mol. The molecule has 3 unspecified atom stereocenters. The minimum atomic E-state index is -0.0843. The number of nitrogen functional groups attached to an aromatic ring is 1. The average Bonchev–Trinajstić information content (AvgIpc) is 2.38. The molecule has 1 fully saturated rings. The molecule has 1 aliphatic rings. The van der Waals surface area contributed by atoms with Gasteiger partial charge in [-0.25, -0.2) is 0 Å². The Hall–Kier alpha value is -1.13. The Balaban J connectivity index is 2.36. The zero-order valence-corrected chi connectivity index (χ0v) is 12.3. The van der Waals surface area contributed by atoms with E-state index in [1.54, 1.807) is 6.20 Å². The van der Waals surface area contributed by atoms with Crippen LogP contribution in [0.1, 0.15) is 44.2 Å². The van der Waals surface area contributed by atoms with Crippen molar-refractivity contribution in [2.45, 2.75) is 44.2 Å². The number of pyridine rings is 1. The Kier molecular flexibility index (Phi) is 4.11. The summed E-state index contributed by atoms with van der Waals surface area (Å²) in [5.74, 6) is 0.708. The van der Waals surface area contributed by atoms with Gasteiger partial charge in [-0.15, -0.1) is 0 Å². The van der Waals surface area contributed by atoms with Crippen LogP contribution in [0.4, 0.5) is 5.69 Å². The number of nitrogens with zero attached hydrogens (tertiary/aromatic N) is 2. The van der Waals surface area contributed by atoms with Crippen molar-refractivity contribution in [1.82, 2.24) is 9.88 Å². The number of hydrogen-bond donors (Lipinski definition) is 2. The van der Waals surface area contributed by atoms with Crippen molar-refractivity contribution in [3.8, 4) is 0 Å². The minimum Gasteiger partial charge on any atom is -0.398 e. The second-order valence-electron chi connectivity index (χ2n) is 6.18. The van der Waals surface area contributed by atoms with E-state index >= 15 is 0 Å². The van der Waals surface area contributed by atoms with Gasteiger partial charge in [0.15, 0.2) is 0 Å². The minimum absolute atomic E-state index is 0.00514. The van der Waals surface area contributed by atoms with E-state index in [1.165, 1.54) is 12.8 Å². The lowest BCUT2D eigenvalue weighted by Gasteiger charge is -2.49. The molecule has 0 saturated heterocycles. The number of anilines is 1. The first-order valence-electron chi connectivity index (χ1n) is 7.10. The molecule has 4 nitrogen and oxygen atoms in total. The smallest absolute Gasteiger partial charge is 0.0517 e. The van der Waals surface area contributed by atoms with Crippen LogP contribution in [0.15, 0.2) is 18.5 Å². The van der Waals surface area contributed by atoms with Crippen LogP contribution in [-0.2, 0) is 0 Å². The highest BCUT2D eigenvalue weighted by Gasteiger charge is 2.43. The van der Waals surface area contributed by atoms with Crippen LogP contribution in [0.3, 0.4) is 0 Å². The lowest BCUT2D eigenvalue weighted by molar-refractivity contribution is 0.0500. The van der Waals surface area contributed by atoms with Crippen LogP contribution in [0.25, 0.3) is 0 Å². The van der Waals surface area contributed by atoms with Gasteiger partial charge in [0.1, 0.15) is 0 Å². The second kappa shape index (κ2) is 5.47. The summed E-state index contributed by atoms with van der Waals surface area (Å²) in [6.07, 6.45) is 8.31. The molecule has 0 bridgehead atoms. The summed E-state index contributed by atoms with van der Waals surface area (Å²) >= 11 is 0. The van der Waals surface area contributed by atoms with E-state index in [-0.39, 0.29) is 11.6 Å². The van der Waals surface area contributed by atoms with Crippen molar-refractivity contribution >= 4 is 5.69 Å². The SMILES string of the molecule is CC1CCCC(C(N)c2cnccc2N)(N(C)C)C1. The van der Waals surface area contributed by atoms with Crippen molar-refractivity contribution in [2.24, 2.45) is 11.7 Å². The molecule has 0 spiro atoms. The summed E-state index contributed by atoms with van der Waals surface area (Å²) < 4.78 is 0. The molecule has 1 saturated carbocycles. The number of nitrogens with two attached hydrogens (primary N) is 2. The molecular formula is C15H26N4.